The van der Waals surface area contributed by atoms with Gasteiger partial charge in [-0.2, -0.15) is 0 Å². The van der Waals surface area contributed by atoms with Gasteiger partial charge < -0.3 is 5.32 Å². The monoisotopic (exact) mass is 196 g/mol. The van der Waals surface area contributed by atoms with Gasteiger partial charge in [0, 0.05) is 23.5 Å². The predicted octanol–water partition coefficient (Wildman–Crippen LogP) is 2.00. The lowest BCUT2D eigenvalue weighted by molar-refractivity contribution is 0.601. The van der Waals surface area contributed by atoms with Crippen molar-refractivity contribution in [2.45, 2.75) is 38.6 Å². The predicted molar refractivity (Wildman–Crippen MR) is 56.2 cm³/mol. The van der Waals surface area contributed by atoms with Crippen molar-refractivity contribution in [1.29, 1.82) is 0 Å². The molecule has 1 aromatic heterocycles. The van der Waals surface area contributed by atoms with E-state index in [1.54, 1.807) is 0 Å². The largest absolute Gasteiger partial charge is 0.314 e. The van der Waals surface area contributed by atoms with Crippen molar-refractivity contribution in [2.75, 3.05) is 6.54 Å². The zero-order valence-electron chi connectivity index (χ0n) is 8.05. The van der Waals surface area contributed by atoms with E-state index in [2.05, 4.69) is 17.2 Å². The summed E-state index contributed by atoms with van der Waals surface area (Å²) in [6.07, 6.45) is 6.92. The maximum Gasteiger partial charge on any atom is 0.0943 e. The molecule has 0 aliphatic carbocycles. The van der Waals surface area contributed by atoms with Gasteiger partial charge in [0.25, 0.3) is 0 Å². The summed E-state index contributed by atoms with van der Waals surface area (Å²) in [5, 5.41) is 4.80. The maximum absolute atomic E-state index is 4.43. The Morgan fingerprint density at radius 3 is 3.23 bits per heavy atom. The summed E-state index contributed by atoms with van der Waals surface area (Å²) in [5.41, 5.74) is 0. The van der Waals surface area contributed by atoms with Gasteiger partial charge in [-0.05, 0) is 25.8 Å². The molecule has 1 N–H and O–H groups in total. The average molecular weight is 196 g/mol. The quantitative estimate of drug-likeness (QED) is 0.800. The summed E-state index contributed by atoms with van der Waals surface area (Å²) in [7, 11) is 0. The third-order valence-electron chi connectivity index (χ3n) is 2.53. The van der Waals surface area contributed by atoms with E-state index in [0.29, 0.717) is 6.04 Å². The number of aryl methyl sites for hydroxylation is 1. The first kappa shape index (κ1) is 9.16. The fourth-order valence-electron chi connectivity index (χ4n) is 1.75. The van der Waals surface area contributed by atoms with E-state index in [4.69, 9.17) is 0 Å². The Labute approximate surface area is 83.4 Å². The van der Waals surface area contributed by atoms with Gasteiger partial charge in [0.05, 0.1) is 5.01 Å². The summed E-state index contributed by atoms with van der Waals surface area (Å²) in [6.45, 7) is 3.38. The summed E-state index contributed by atoms with van der Waals surface area (Å²) < 4.78 is 0. The molecule has 1 saturated heterocycles. The van der Waals surface area contributed by atoms with Crippen LogP contribution in [0.4, 0.5) is 0 Å². The fraction of sp³-hybridized carbons (Fsp3) is 0.700. The Morgan fingerprint density at radius 2 is 2.62 bits per heavy atom. The first-order valence-electron chi connectivity index (χ1n) is 5.05. The minimum absolute atomic E-state index is 0.691. The van der Waals surface area contributed by atoms with Crippen molar-refractivity contribution < 1.29 is 0 Å². The van der Waals surface area contributed by atoms with Crippen LogP contribution in [0.15, 0.2) is 6.20 Å². The van der Waals surface area contributed by atoms with Crippen LogP contribution in [0.25, 0.3) is 0 Å². The third kappa shape index (κ3) is 2.29. The van der Waals surface area contributed by atoms with Crippen molar-refractivity contribution in [1.82, 2.24) is 10.3 Å². The molecule has 1 aliphatic heterocycles. The molecule has 1 aliphatic rings. The lowest BCUT2D eigenvalue weighted by atomic mass is 10.2. The molecule has 0 amide bonds. The highest BCUT2D eigenvalue weighted by molar-refractivity contribution is 7.11. The number of rotatable bonds is 3. The number of thiazole rings is 1. The van der Waals surface area contributed by atoms with Gasteiger partial charge in [0.1, 0.15) is 0 Å². The molecular formula is C10H16N2S. The summed E-state index contributed by atoms with van der Waals surface area (Å²) in [6, 6.07) is 0.691. The number of nitrogens with zero attached hydrogens (tertiary/aromatic N) is 1. The zero-order valence-corrected chi connectivity index (χ0v) is 8.86. The van der Waals surface area contributed by atoms with E-state index in [1.165, 1.54) is 29.3 Å². The molecule has 0 bridgehead atoms. The fourth-order valence-corrected chi connectivity index (χ4v) is 2.69. The van der Waals surface area contributed by atoms with Crippen LogP contribution in [0.2, 0.25) is 0 Å². The summed E-state index contributed by atoms with van der Waals surface area (Å²) in [5.74, 6) is 0. The van der Waals surface area contributed by atoms with Crippen LogP contribution in [-0.2, 0) is 12.8 Å². The minimum Gasteiger partial charge on any atom is -0.314 e. The van der Waals surface area contributed by atoms with Crippen LogP contribution in [0.5, 0.6) is 0 Å². The average Bonchev–Trinajstić information content (AvgIpc) is 2.76. The minimum atomic E-state index is 0.691. The van der Waals surface area contributed by atoms with Crippen LogP contribution in [0.1, 0.15) is 29.7 Å². The topological polar surface area (TPSA) is 24.9 Å². The first-order chi connectivity index (χ1) is 6.38. The first-order valence-corrected chi connectivity index (χ1v) is 5.87. The highest BCUT2D eigenvalue weighted by atomic mass is 32.1. The Bertz CT molecular complexity index is 264. The van der Waals surface area contributed by atoms with Crippen LogP contribution < -0.4 is 5.32 Å². The Balaban J connectivity index is 1.92. The van der Waals surface area contributed by atoms with E-state index < -0.39 is 0 Å². The molecule has 0 saturated carbocycles. The SMILES string of the molecule is CCc1cnc(CC2CCCN2)s1. The van der Waals surface area contributed by atoms with E-state index in [1.807, 2.05) is 17.5 Å². The van der Waals surface area contributed by atoms with E-state index in [0.717, 1.165) is 12.8 Å². The number of nitrogens with one attached hydrogen (secondary N) is 1. The van der Waals surface area contributed by atoms with Gasteiger partial charge in [-0.15, -0.1) is 11.3 Å². The van der Waals surface area contributed by atoms with E-state index >= 15 is 0 Å². The van der Waals surface area contributed by atoms with Gasteiger partial charge >= 0.3 is 0 Å². The van der Waals surface area contributed by atoms with E-state index in [9.17, 15) is 0 Å². The van der Waals surface area contributed by atoms with Crippen molar-refractivity contribution in [3.63, 3.8) is 0 Å². The smallest absolute Gasteiger partial charge is 0.0943 e. The Hall–Kier alpha value is -0.410. The Kier molecular flexibility index (Phi) is 2.96. The molecule has 0 spiro atoms. The van der Waals surface area contributed by atoms with Crippen LogP contribution in [0, 0.1) is 0 Å². The number of aromatic nitrogens is 1. The summed E-state index contributed by atoms with van der Waals surface area (Å²) in [4.78, 5) is 5.84. The highest BCUT2D eigenvalue weighted by Gasteiger charge is 2.15. The Morgan fingerprint density at radius 1 is 1.69 bits per heavy atom. The molecule has 13 heavy (non-hydrogen) atoms. The molecule has 3 heteroatoms. The number of hydrogen-bond acceptors (Lipinski definition) is 3. The molecule has 72 valence electrons. The lowest BCUT2D eigenvalue weighted by Gasteiger charge is -2.05. The molecule has 1 atom stereocenters. The number of hydrogen-bond donors (Lipinski definition) is 1. The van der Waals surface area contributed by atoms with E-state index in [-0.39, 0.29) is 0 Å². The second kappa shape index (κ2) is 4.20. The summed E-state index contributed by atoms with van der Waals surface area (Å²) >= 11 is 1.87. The molecule has 0 radical (unpaired) electrons. The highest BCUT2D eigenvalue weighted by Crippen LogP contribution is 2.17. The van der Waals surface area contributed by atoms with Crippen molar-refractivity contribution in [3.05, 3.63) is 16.1 Å². The third-order valence-corrected chi connectivity index (χ3v) is 3.70. The van der Waals surface area contributed by atoms with Crippen molar-refractivity contribution in [2.24, 2.45) is 0 Å². The molecule has 1 aromatic rings. The molecule has 1 unspecified atom stereocenters. The molecule has 2 heterocycles. The van der Waals surface area contributed by atoms with Crippen LogP contribution >= 0.6 is 11.3 Å². The van der Waals surface area contributed by atoms with Crippen LogP contribution in [0.3, 0.4) is 0 Å². The van der Waals surface area contributed by atoms with Crippen molar-refractivity contribution >= 4 is 11.3 Å². The lowest BCUT2D eigenvalue weighted by Crippen LogP contribution is -2.23. The van der Waals surface area contributed by atoms with Gasteiger partial charge in [0.15, 0.2) is 0 Å². The molecule has 2 nitrogen and oxygen atoms in total. The van der Waals surface area contributed by atoms with Crippen LogP contribution in [-0.4, -0.2) is 17.6 Å². The maximum atomic E-state index is 4.43. The normalized spacial score (nSPS) is 22.4. The molecule has 0 aromatic carbocycles. The second-order valence-corrected chi connectivity index (χ2v) is 4.77. The molecule has 2 rings (SSSR count). The van der Waals surface area contributed by atoms with Gasteiger partial charge in [-0.1, -0.05) is 6.92 Å². The van der Waals surface area contributed by atoms with Crippen molar-refractivity contribution in [3.8, 4) is 0 Å². The standard InChI is InChI=1S/C10H16N2S/c1-2-9-7-12-10(13-9)6-8-4-3-5-11-8/h7-8,11H,2-6H2,1H3. The van der Waals surface area contributed by atoms with Gasteiger partial charge in [-0.3, -0.25) is 0 Å². The second-order valence-electron chi connectivity index (χ2n) is 3.57. The molecular weight excluding hydrogens is 180 g/mol. The van der Waals surface area contributed by atoms with Gasteiger partial charge in [-0.25, -0.2) is 4.98 Å². The zero-order chi connectivity index (χ0) is 9.10. The van der Waals surface area contributed by atoms with Gasteiger partial charge in [0.2, 0.25) is 0 Å². The molecule has 1 fully saturated rings.